The summed E-state index contributed by atoms with van der Waals surface area (Å²) in [6.07, 6.45) is 3.05. The molecule has 1 aliphatic heterocycles. The molecule has 1 saturated heterocycles. The predicted molar refractivity (Wildman–Crippen MR) is 104 cm³/mol. The first kappa shape index (κ1) is 19.0. The number of carbonyl (C=O) groups excluding carboxylic acids is 1. The van der Waals surface area contributed by atoms with Crippen LogP contribution in [0.25, 0.3) is 0 Å². The van der Waals surface area contributed by atoms with Crippen LogP contribution in [-0.4, -0.2) is 49.0 Å². The van der Waals surface area contributed by atoms with Gasteiger partial charge in [0.2, 0.25) is 0 Å². The molecule has 2 aliphatic rings. The number of hydrogen-bond acceptors (Lipinski definition) is 4. The number of amides is 2. The van der Waals surface area contributed by atoms with Crippen molar-refractivity contribution in [3.63, 3.8) is 0 Å². The largest absolute Gasteiger partial charge is 0.383 e. The first-order valence-electron chi connectivity index (χ1n) is 9.42. The first-order chi connectivity index (χ1) is 12.3. The second kappa shape index (κ2) is 7.47. The Hall–Kier alpha value is -1.76. The molecule has 0 aromatic heterocycles. The van der Waals surface area contributed by atoms with E-state index in [-0.39, 0.29) is 18.3 Å². The highest BCUT2D eigenvalue weighted by molar-refractivity contribution is 7.92. The van der Waals surface area contributed by atoms with Crippen LogP contribution in [0.4, 0.5) is 10.5 Å². The third-order valence-electron chi connectivity index (χ3n) is 5.51. The van der Waals surface area contributed by atoms with E-state index in [9.17, 15) is 13.2 Å². The van der Waals surface area contributed by atoms with Crippen LogP contribution in [0.15, 0.2) is 24.3 Å². The minimum atomic E-state index is -3.10. The van der Waals surface area contributed by atoms with Crippen molar-refractivity contribution in [1.82, 2.24) is 10.2 Å². The van der Waals surface area contributed by atoms with Crippen LogP contribution in [0, 0.1) is 0 Å². The molecule has 1 heterocycles. The van der Waals surface area contributed by atoms with E-state index in [4.69, 9.17) is 0 Å². The molecule has 3 rings (SSSR count). The highest BCUT2D eigenvalue weighted by Gasteiger charge is 2.49. The zero-order chi connectivity index (χ0) is 18.8. The number of carbonyl (C=O) groups is 1. The average molecular weight is 380 g/mol. The number of nitrogens with zero attached hydrogens (tertiary/aromatic N) is 1. The fourth-order valence-corrected chi connectivity index (χ4v) is 5.99. The van der Waals surface area contributed by atoms with Crippen LogP contribution in [0.3, 0.4) is 0 Å². The standard InChI is InChI=1S/C19H29N3O3S/c1-15(2)21-17-6-3-5-16(13-17)14-20-18(23)22-10-9-19(7-4-8-19)26(24,25)12-11-22/h3,5-6,13,15,21H,4,7-12,14H2,1-2H3,(H,20,23). The second-order valence-electron chi connectivity index (χ2n) is 7.75. The minimum absolute atomic E-state index is 0.0776. The van der Waals surface area contributed by atoms with Gasteiger partial charge in [-0.25, -0.2) is 13.2 Å². The van der Waals surface area contributed by atoms with Crippen molar-refractivity contribution in [2.75, 3.05) is 24.2 Å². The average Bonchev–Trinajstić information content (AvgIpc) is 2.67. The van der Waals surface area contributed by atoms with Crippen molar-refractivity contribution >= 4 is 21.6 Å². The van der Waals surface area contributed by atoms with Crippen LogP contribution in [-0.2, 0) is 16.4 Å². The molecular formula is C19H29N3O3S. The van der Waals surface area contributed by atoms with Crippen molar-refractivity contribution in [2.24, 2.45) is 0 Å². The van der Waals surface area contributed by atoms with E-state index in [2.05, 4.69) is 24.5 Å². The molecule has 144 valence electrons. The van der Waals surface area contributed by atoms with Gasteiger partial charge in [0, 0.05) is 31.4 Å². The maximum Gasteiger partial charge on any atom is 0.317 e. The Morgan fingerprint density at radius 1 is 1.23 bits per heavy atom. The zero-order valence-electron chi connectivity index (χ0n) is 15.6. The molecule has 7 heteroatoms. The molecule has 0 radical (unpaired) electrons. The number of rotatable bonds is 4. The highest BCUT2D eigenvalue weighted by atomic mass is 32.2. The molecule has 1 aromatic carbocycles. The van der Waals surface area contributed by atoms with Gasteiger partial charge in [0.15, 0.2) is 9.84 Å². The van der Waals surface area contributed by atoms with Gasteiger partial charge < -0.3 is 15.5 Å². The lowest BCUT2D eigenvalue weighted by atomic mass is 9.81. The number of sulfone groups is 1. The van der Waals surface area contributed by atoms with E-state index in [0.29, 0.717) is 25.6 Å². The van der Waals surface area contributed by atoms with Crippen LogP contribution < -0.4 is 10.6 Å². The molecule has 1 saturated carbocycles. The van der Waals surface area contributed by atoms with E-state index in [1.807, 2.05) is 24.3 Å². The Bertz CT molecular complexity index is 757. The van der Waals surface area contributed by atoms with Crippen LogP contribution in [0.2, 0.25) is 0 Å². The highest BCUT2D eigenvalue weighted by Crippen LogP contribution is 2.43. The number of nitrogens with one attached hydrogen (secondary N) is 2. The van der Waals surface area contributed by atoms with Gasteiger partial charge in [0.1, 0.15) is 0 Å². The van der Waals surface area contributed by atoms with E-state index < -0.39 is 14.6 Å². The predicted octanol–water partition coefficient (Wildman–Crippen LogP) is 2.76. The molecule has 2 N–H and O–H groups in total. The van der Waals surface area contributed by atoms with Gasteiger partial charge in [-0.15, -0.1) is 0 Å². The third-order valence-corrected chi connectivity index (χ3v) is 8.16. The third kappa shape index (κ3) is 3.98. The van der Waals surface area contributed by atoms with E-state index in [1.54, 1.807) is 4.90 Å². The Kier molecular flexibility index (Phi) is 5.46. The maximum atomic E-state index is 12.5. The summed E-state index contributed by atoms with van der Waals surface area (Å²) >= 11 is 0. The van der Waals surface area contributed by atoms with Crippen molar-refractivity contribution in [2.45, 2.75) is 56.9 Å². The van der Waals surface area contributed by atoms with Crippen molar-refractivity contribution in [3.8, 4) is 0 Å². The number of hydrogen-bond donors (Lipinski definition) is 2. The normalized spacial score (nSPS) is 21.1. The summed E-state index contributed by atoms with van der Waals surface area (Å²) in [5, 5.41) is 6.28. The van der Waals surface area contributed by atoms with E-state index in [0.717, 1.165) is 30.5 Å². The summed E-state index contributed by atoms with van der Waals surface area (Å²) in [6, 6.07) is 8.13. The summed E-state index contributed by atoms with van der Waals surface area (Å²) in [7, 11) is -3.10. The summed E-state index contributed by atoms with van der Waals surface area (Å²) in [6.45, 7) is 5.39. The minimum Gasteiger partial charge on any atom is -0.383 e. The van der Waals surface area contributed by atoms with E-state index in [1.165, 1.54) is 0 Å². The first-order valence-corrected chi connectivity index (χ1v) is 11.1. The quantitative estimate of drug-likeness (QED) is 0.843. The number of urea groups is 1. The number of anilines is 1. The van der Waals surface area contributed by atoms with Gasteiger partial charge in [0.25, 0.3) is 0 Å². The molecule has 1 aliphatic carbocycles. The van der Waals surface area contributed by atoms with Crippen molar-refractivity contribution in [3.05, 3.63) is 29.8 Å². The van der Waals surface area contributed by atoms with Gasteiger partial charge >= 0.3 is 6.03 Å². The molecule has 0 unspecified atom stereocenters. The topological polar surface area (TPSA) is 78.5 Å². The summed E-state index contributed by atoms with van der Waals surface area (Å²) in [5.41, 5.74) is 2.04. The molecular weight excluding hydrogens is 350 g/mol. The van der Waals surface area contributed by atoms with Crippen LogP contribution >= 0.6 is 0 Å². The molecule has 6 nitrogen and oxygen atoms in total. The molecule has 2 fully saturated rings. The Morgan fingerprint density at radius 3 is 2.65 bits per heavy atom. The Balaban J connectivity index is 1.57. The lowest BCUT2D eigenvalue weighted by Gasteiger charge is -2.39. The van der Waals surface area contributed by atoms with Crippen molar-refractivity contribution < 1.29 is 13.2 Å². The Morgan fingerprint density at radius 2 is 2.00 bits per heavy atom. The zero-order valence-corrected chi connectivity index (χ0v) is 16.4. The van der Waals surface area contributed by atoms with Crippen LogP contribution in [0.1, 0.15) is 45.1 Å². The summed E-state index contributed by atoms with van der Waals surface area (Å²) < 4.78 is 24.5. The Labute approximate surface area is 156 Å². The summed E-state index contributed by atoms with van der Waals surface area (Å²) in [5.74, 6) is 0.0776. The van der Waals surface area contributed by atoms with Gasteiger partial charge in [0.05, 0.1) is 10.5 Å². The lowest BCUT2D eigenvalue weighted by molar-refractivity contribution is 0.195. The molecule has 2 amide bonds. The molecule has 0 bridgehead atoms. The lowest BCUT2D eigenvalue weighted by Crippen LogP contribution is -2.46. The fourth-order valence-electron chi connectivity index (χ4n) is 3.78. The van der Waals surface area contributed by atoms with Crippen LogP contribution in [0.5, 0.6) is 0 Å². The maximum absolute atomic E-state index is 12.5. The second-order valence-corrected chi connectivity index (χ2v) is 10.3. The molecule has 1 aromatic rings. The fraction of sp³-hybridized carbons (Fsp3) is 0.632. The SMILES string of the molecule is CC(C)Nc1cccc(CNC(=O)N2CCC3(CCC3)S(=O)(=O)CC2)c1. The van der Waals surface area contributed by atoms with Gasteiger partial charge in [-0.1, -0.05) is 18.6 Å². The monoisotopic (exact) mass is 379 g/mol. The molecule has 0 atom stereocenters. The summed E-state index contributed by atoms with van der Waals surface area (Å²) in [4.78, 5) is 14.2. The van der Waals surface area contributed by atoms with Crippen molar-refractivity contribution in [1.29, 1.82) is 0 Å². The van der Waals surface area contributed by atoms with Gasteiger partial charge in [-0.3, -0.25) is 0 Å². The van der Waals surface area contributed by atoms with Gasteiger partial charge in [-0.2, -0.15) is 0 Å². The molecule has 26 heavy (non-hydrogen) atoms. The van der Waals surface area contributed by atoms with Gasteiger partial charge in [-0.05, 0) is 50.8 Å². The number of benzene rings is 1. The molecule has 1 spiro atoms. The smallest absolute Gasteiger partial charge is 0.317 e. The van der Waals surface area contributed by atoms with E-state index >= 15 is 0 Å².